The highest BCUT2D eigenvalue weighted by Crippen LogP contribution is 2.18. The maximum atomic E-state index is 10.8. The number of nitriles is 1. The molecule has 0 aliphatic rings. The number of rotatable bonds is 2. The lowest BCUT2D eigenvalue weighted by Gasteiger charge is -1.96. The van der Waals surface area contributed by atoms with Crippen LogP contribution in [0, 0.1) is 11.5 Å². The fraction of sp³-hybridized carbons (Fsp3) is 0. The first-order valence-corrected chi connectivity index (χ1v) is 5.45. The zero-order chi connectivity index (χ0) is 9.90. The Labute approximate surface area is 79.7 Å². The van der Waals surface area contributed by atoms with Gasteiger partial charge < -0.3 is 4.74 Å². The molecule has 4 nitrogen and oxygen atoms in total. The molecular weight excluding hydrogens is 214 g/mol. The van der Waals surface area contributed by atoms with Crippen molar-refractivity contribution >= 4 is 19.7 Å². The Bertz CT molecular complexity index is 432. The fourth-order valence-corrected chi connectivity index (χ4v) is 1.49. The number of benzene rings is 1. The molecule has 0 amide bonds. The van der Waals surface area contributed by atoms with E-state index in [1.165, 1.54) is 30.5 Å². The molecule has 6 heteroatoms. The van der Waals surface area contributed by atoms with Crippen molar-refractivity contribution in [2.75, 3.05) is 0 Å². The first-order chi connectivity index (χ1) is 6.04. The molecule has 0 aliphatic carbocycles. The maximum Gasteiger partial charge on any atom is 0.292 e. The van der Waals surface area contributed by atoms with Gasteiger partial charge in [-0.25, -0.2) is 8.42 Å². The molecule has 0 atom stereocenters. The second-order valence-electron chi connectivity index (χ2n) is 2.10. The summed E-state index contributed by atoms with van der Waals surface area (Å²) in [6, 6.07) is 5.21. The SMILES string of the molecule is N#COc1ccc(S(=O)(=O)Cl)cc1. The van der Waals surface area contributed by atoms with Crippen molar-refractivity contribution in [2.24, 2.45) is 0 Å². The van der Waals surface area contributed by atoms with Crippen LogP contribution in [0.3, 0.4) is 0 Å². The molecule has 0 spiro atoms. The van der Waals surface area contributed by atoms with Gasteiger partial charge in [-0.1, -0.05) is 0 Å². The lowest BCUT2D eigenvalue weighted by atomic mass is 10.3. The summed E-state index contributed by atoms with van der Waals surface area (Å²) < 4.78 is 26.0. The average Bonchev–Trinajstić information content (AvgIpc) is 2.04. The zero-order valence-corrected chi connectivity index (χ0v) is 7.84. The first kappa shape index (κ1) is 9.84. The van der Waals surface area contributed by atoms with Gasteiger partial charge in [0.25, 0.3) is 15.3 Å². The average molecular weight is 218 g/mol. The summed E-state index contributed by atoms with van der Waals surface area (Å²) in [6.07, 6.45) is 1.46. The molecule has 0 bridgehead atoms. The molecule has 13 heavy (non-hydrogen) atoms. The monoisotopic (exact) mass is 217 g/mol. The number of hydrogen-bond donors (Lipinski definition) is 0. The summed E-state index contributed by atoms with van der Waals surface area (Å²) in [5.41, 5.74) is 0. The second-order valence-corrected chi connectivity index (χ2v) is 4.67. The Kier molecular flexibility index (Phi) is 2.76. The Morgan fingerprint density at radius 3 is 2.23 bits per heavy atom. The van der Waals surface area contributed by atoms with Crippen LogP contribution in [0.2, 0.25) is 0 Å². The summed E-state index contributed by atoms with van der Waals surface area (Å²) in [5, 5.41) is 8.13. The fourth-order valence-electron chi connectivity index (χ4n) is 0.723. The van der Waals surface area contributed by atoms with Crippen LogP contribution >= 0.6 is 10.7 Å². The molecule has 1 aromatic rings. The van der Waals surface area contributed by atoms with E-state index >= 15 is 0 Å². The van der Waals surface area contributed by atoms with Crippen LogP contribution in [0.25, 0.3) is 0 Å². The Morgan fingerprint density at radius 2 is 1.85 bits per heavy atom. The predicted molar refractivity (Wildman–Crippen MR) is 45.7 cm³/mol. The summed E-state index contributed by atoms with van der Waals surface area (Å²) in [5.74, 6) is 0.270. The number of ether oxygens (including phenoxy) is 1. The van der Waals surface area contributed by atoms with Crippen LogP contribution in [0.5, 0.6) is 5.75 Å². The third-order valence-corrected chi connectivity index (χ3v) is 2.64. The summed E-state index contributed by atoms with van der Waals surface area (Å²) in [7, 11) is 1.35. The van der Waals surface area contributed by atoms with Crippen molar-refractivity contribution in [3.05, 3.63) is 24.3 Å². The number of nitrogens with zero attached hydrogens (tertiary/aromatic N) is 1. The van der Waals surface area contributed by atoms with E-state index in [1.807, 2.05) is 0 Å². The molecule has 68 valence electrons. The van der Waals surface area contributed by atoms with Crippen molar-refractivity contribution in [1.82, 2.24) is 0 Å². The lowest BCUT2D eigenvalue weighted by molar-refractivity contribution is 0.506. The smallest absolute Gasteiger partial charge is 0.292 e. The van der Waals surface area contributed by atoms with Crippen LogP contribution in [0.4, 0.5) is 0 Å². The molecule has 0 saturated heterocycles. The minimum absolute atomic E-state index is 0.0283. The Morgan fingerprint density at radius 1 is 1.31 bits per heavy atom. The molecule has 0 aliphatic heterocycles. The van der Waals surface area contributed by atoms with Gasteiger partial charge in [0.15, 0.2) is 0 Å². The molecular formula is C7H4ClNO3S. The maximum absolute atomic E-state index is 10.8. The standard InChI is InChI=1S/C7H4ClNO3S/c8-13(10,11)7-3-1-6(2-4-7)12-5-9/h1-4H. The van der Waals surface area contributed by atoms with Crippen LogP contribution in [0.1, 0.15) is 0 Å². The van der Waals surface area contributed by atoms with E-state index in [0.717, 1.165) is 0 Å². The molecule has 0 heterocycles. The second kappa shape index (κ2) is 3.64. The van der Waals surface area contributed by atoms with Gasteiger partial charge in [0.1, 0.15) is 5.75 Å². The largest absolute Gasteiger partial charge is 0.388 e. The number of hydrogen-bond acceptors (Lipinski definition) is 4. The van der Waals surface area contributed by atoms with E-state index in [4.69, 9.17) is 15.9 Å². The van der Waals surface area contributed by atoms with Gasteiger partial charge in [0.05, 0.1) is 4.90 Å². The molecule has 1 aromatic carbocycles. The molecule has 1 rings (SSSR count). The quantitative estimate of drug-likeness (QED) is 0.556. The third kappa shape index (κ3) is 2.61. The van der Waals surface area contributed by atoms with Gasteiger partial charge in [0.2, 0.25) is 0 Å². The Hall–Kier alpha value is -1.25. The highest BCUT2D eigenvalue weighted by atomic mass is 35.7. The molecule has 0 unspecified atom stereocenters. The molecule has 0 fully saturated rings. The molecule has 0 saturated carbocycles. The van der Waals surface area contributed by atoms with Gasteiger partial charge in [-0.05, 0) is 24.3 Å². The van der Waals surface area contributed by atoms with Crippen LogP contribution in [-0.2, 0) is 9.05 Å². The van der Waals surface area contributed by atoms with Gasteiger partial charge in [0, 0.05) is 10.7 Å². The summed E-state index contributed by atoms with van der Waals surface area (Å²) in [6.45, 7) is 0. The van der Waals surface area contributed by atoms with Gasteiger partial charge in [-0.2, -0.15) is 0 Å². The molecule has 0 radical (unpaired) electrons. The van der Waals surface area contributed by atoms with E-state index in [1.54, 1.807) is 0 Å². The third-order valence-electron chi connectivity index (χ3n) is 1.27. The topological polar surface area (TPSA) is 67.2 Å². The highest BCUT2D eigenvalue weighted by Gasteiger charge is 2.08. The predicted octanol–water partition coefficient (Wildman–Crippen LogP) is 1.47. The van der Waals surface area contributed by atoms with E-state index in [-0.39, 0.29) is 10.6 Å². The van der Waals surface area contributed by atoms with Gasteiger partial charge in [-0.15, -0.1) is 5.26 Å². The highest BCUT2D eigenvalue weighted by molar-refractivity contribution is 8.13. The number of halogens is 1. The van der Waals surface area contributed by atoms with Gasteiger partial charge in [-0.3, -0.25) is 0 Å². The molecule has 0 N–H and O–H groups in total. The summed E-state index contributed by atoms with van der Waals surface area (Å²) in [4.78, 5) is -0.0283. The van der Waals surface area contributed by atoms with Crippen LogP contribution in [0.15, 0.2) is 29.2 Å². The van der Waals surface area contributed by atoms with Crippen LogP contribution < -0.4 is 4.74 Å². The van der Waals surface area contributed by atoms with Gasteiger partial charge >= 0.3 is 0 Å². The van der Waals surface area contributed by atoms with E-state index < -0.39 is 9.05 Å². The molecule has 0 aromatic heterocycles. The van der Waals surface area contributed by atoms with Crippen LogP contribution in [-0.4, -0.2) is 8.42 Å². The Balaban J connectivity index is 3.03. The van der Waals surface area contributed by atoms with E-state index in [2.05, 4.69) is 4.74 Å². The summed E-state index contributed by atoms with van der Waals surface area (Å²) >= 11 is 0. The first-order valence-electron chi connectivity index (χ1n) is 3.14. The van der Waals surface area contributed by atoms with Crippen molar-refractivity contribution < 1.29 is 13.2 Å². The van der Waals surface area contributed by atoms with Crippen molar-refractivity contribution in [3.8, 4) is 12.0 Å². The normalized spacial score (nSPS) is 10.5. The van der Waals surface area contributed by atoms with Crippen molar-refractivity contribution in [2.45, 2.75) is 4.90 Å². The lowest BCUT2D eigenvalue weighted by Crippen LogP contribution is -1.90. The van der Waals surface area contributed by atoms with Crippen molar-refractivity contribution in [1.29, 1.82) is 5.26 Å². The van der Waals surface area contributed by atoms with Crippen molar-refractivity contribution in [3.63, 3.8) is 0 Å². The minimum Gasteiger partial charge on any atom is -0.388 e. The zero-order valence-electron chi connectivity index (χ0n) is 6.27. The van der Waals surface area contributed by atoms with E-state index in [0.29, 0.717) is 0 Å². The van der Waals surface area contributed by atoms with E-state index in [9.17, 15) is 8.42 Å². The minimum atomic E-state index is -3.70.